The summed E-state index contributed by atoms with van der Waals surface area (Å²) in [6, 6.07) is 24.0. The van der Waals surface area contributed by atoms with Crippen molar-refractivity contribution in [1.29, 1.82) is 0 Å². The van der Waals surface area contributed by atoms with Crippen molar-refractivity contribution >= 4 is 29.1 Å². The van der Waals surface area contributed by atoms with E-state index in [1.807, 2.05) is 61.5 Å². The number of aliphatic hydroxyl groups excluding tert-OH is 1. The Morgan fingerprint density at radius 2 is 1.41 bits per heavy atom. The lowest BCUT2D eigenvalue weighted by Crippen LogP contribution is -2.40. The quantitative estimate of drug-likeness (QED) is 0.518. The zero-order valence-corrected chi connectivity index (χ0v) is 17.6. The lowest BCUT2D eigenvalue weighted by molar-refractivity contribution is -0.130. The van der Waals surface area contributed by atoms with Gasteiger partial charge in [-0.2, -0.15) is 0 Å². The highest BCUT2D eigenvalue weighted by Crippen LogP contribution is 2.27. The van der Waals surface area contributed by atoms with Crippen molar-refractivity contribution in [2.75, 3.05) is 0 Å². The third-order valence-electron chi connectivity index (χ3n) is 5.00. The number of carbonyl (C=O) groups excluding carboxylic acids is 1. The van der Waals surface area contributed by atoms with E-state index in [1.165, 1.54) is 0 Å². The molecule has 0 saturated carbocycles. The minimum Gasteiger partial charge on any atom is -0.378 e. The van der Waals surface area contributed by atoms with E-state index in [1.54, 1.807) is 24.3 Å². The van der Waals surface area contributed by atoms with Crippen LogP contribution in [-0.2, 0) is 11.2 Å². The fraction of sp³-hybridized carbons (Fsp3) is 0.208. The Morgan fingerprint density at radius 1 is 0.862 bits per heavy atom. The number of benzene rings is 3. The van der Waals surface area contributed by atoms with Crippen molar-refractivity contribution in [3.8, 4) is 0 Å². The van der Waals surface area contributed by atoms with Gasteiger partial charge in [-0.05, 0) is 54.3 Å². The molecule has 0 saturated heterocycles. The van der Waals surface area contributed by atoms with Crippen molar-refractivity contribution in [1.82, 2.24) is 5.32 Å². The van der Waals surface area contributed by atoms with E-state index < -0.39 is 12.0 Å². The van der Waals surface area contributed by atoms with Crippen molar-refractivity contribution in [2.24, 2.45) is 0 Å². The van der Waals surface area contributed by atoms with Gasteiger partial charge < -0.3 is 10.4 Å². The summed E-state index contributed by atoms with van der Waals surface area (Å²) in [4.78, 5) is 12.6. The minimum atomic E-state index is -1.21. The molecule has 0 aliphatic carbocycles. The van der Waals surface area contributed by atoms with Crippen LogP contribution in [0.3, 0.4) is 0 Å². The van der Waals surface area contributed by atoms with Crippen LogP contribution in [0.25, 0.3) is 0 Å². The zero-order chi connectivity index (χ0) is 20.8. The molecule has 0 bridgehead atoms. The second-order valence-electron chi connectivity index (χ2n) is 7.10. The number of halogens is 2. The molecule has 3 nitrogen and oxygen atoms in total. The van der Waals surface area contributed by atoms with Crippen LogP contribution in [0.4, 0.5) is 0 Å². The largest absolute Gasteiger partial charge is 0.378 e. The Hall–Kier alpha value is -2.33. The topological polar surface area (TPSA) is 49.3 Å². The number of hydrogen-bond donors (Lipinski definition) is 2. The number of hydrogen-bond acceptors (Lipinski definition) is 2. The van der Waals surface area contributed by atoms with Crippen LogP contribution in [0.15, 0.2) is 78.9 Å². The summed E-state index contributed by atoms with van der Waals surface area (Å²) in [6.07, 6.45) is -0.498. The van der Waals surface area contributed by atoms with E-state index in [-0.39, 0.29) is 12.0 Å². The Kier molecular flexibility index (Phi) is 7.32. The number of amides is 1. The Morgan fingerprint density at radius 3 is 2.00 bits per heavy atom. The summed E-state index contributed by atoms with van der Waals surface area (Å²) in [7, 11) is 0. The van der Waals surface area contributed by atoms with Gasteiger partial charge in [0.1, 0.15) is 0 Å². The van der Waals surface area contributed by atoms with Gasteiger partial charge in [0.2, 0.25) is 0 Å². The molecule has 3 atom stereocenters. The number of carbonyl (C=O) groups is 1. The molecule has 3 unspecified atom stereocenters. The number of aliphatic hydroxyl groups is 1. The maximum atomic E-state index is 12.6. The molecule has 29 heavy (non-hydrogen) atoms. The number of nitrogens with one attached hydrogen (secondary N) is 1. The molecule has 3 rings (SSSR count). The predicted molar refractivity (Wildman–Crippen MR) is 118 cm³/mol. The third-order valence-corrected chi connectivity index (χ3v) is 5.51. The molecule has 0 aliphatic rings. The molecule has 0 aromatic heterocycles. The van der Waals surface area contributed by atoms with Gasteiger partial charge in [0.15, 0.2) is 6.10 Å². The van der Waals surface area contributed by atoms with Crippen LogP contribution in [0.1, 0.15) is 35.6 Å². The first kappa shape index (κ1) is 21.4. The predicted octanol–water partition coefficient (Wildman–Crippen LogP) is 5.56. The van der Waals surface area contributed by atoms with Crippen LogP contribution in [0.5, 0.6) is 0 Å². The maximum Gasteiger partial charge on any atom is 0.253 e. The third kappa shape index (κ3) is 5.83. The molecule has 3 aromatic rings. The first-order valence-corrected chi connectivity index (χ1v) is 10.2. The highest BCUT2D eigenvalue weighted by molar-refractivity contribution is 6.30. The van der Waals surface area contributed by atoms with Gasteiger partial charge in [-0.25, -0.2) is 0 Å². The molecule has 2 N–H and O–H groups in total. The molecule has 3 aromatic carbocycles. The summed E-state index contributed by atoms with van der Waals surface area (Å²) >= 11 is 12.1. The second-order valence-corrected chi connectivity index (χ2v) is 7.97. The lowest BCUT2D eigenvalue weighted by Gasteiger charge is -2.27. The van der Waals surface area contributed by atoms with Crippen molar-refractivity contribution in [3.63, 3.8) is 0 Å². The summed E-state index contributed by atoms with van der Waals surface area (Å²) in [5, 5.41) is 14.7. The van der Waals surface area contributed by atoms with Crippen LogP contribution in [-0.4, -0.2) is 17.1 Å². The maximum absolute atomic E-state index is 12.6. The summed E-state index contributed by atoms with van der Waals surface area (Å²) in [6.45, 7) is 1.95. The Balaban J connectivity index is 1.79. The normalized spacial score (nSPS) is 14.1. The lowest BCUT2D eigenvalue weighted by atomic mass is 9.86. The standard InChI is InChI=1S/C24H23Cl2NO2/c1-16(27-24(29)23(28)19-5-3-2-4-6-19)22(18-9-13-21(26)14-10-18)15-17-7-11-20(25)12-8-17/h2-14,16,22-23,28H,15H2,1H3,(H,27,29). The van der Waals surface area contributed by atoms with E-state index in [4.69, 9.17) is 23.2 Å². The van der Waals surface area contributed by atoms with E-state index >= 15 is 0 Å². The first-order valence-electron chi connectivity index (χ1n) is 9.47. The molecule has 5 heteroatoms. The van der Waals surface area contributed by atoms with Crippen LogP contribution in [0.2, 0.25) is 10.0 Å². The average Bonchev–Trinajstić information content (AvgIpc) is 2.74. The Bertz CT molecular complexity index is 927. The van der Waals surface area contributed by atoms with Crippen LogP contribution in [0, 0.1) is 0 Å². The molecule has 0 heterocycles. The van der Waals surface area contributed by atoms with E-state index in [0.717, 1.165) is 11.1 Å². The summed E-state index contributed by atoms with van der Waals surface area (Å²) in [5.41, 5.74) is 2.74. The Labute approximate surface area is 181 Å². The fourth-order valence-corrected chi connectivity index (χ4v) is 3.61. The molecule has 1 amide bonds. The summed E-state index contributed by atoms with van der Waals surface area (Å²) < 4.78 is 0. The van der Waals surface area contributed by atoms with Gasteiger partial charge in [-0.1, -0.05) is 77.8 Å². The molecule has 0 radical (unpaired) electrons. The smallest absolute Gasteiger partial charge is 0.253 e. The van der Waals surface area contributed by atoms with Crippen molar-refractivity contribution in [2.45, 2.75) is 31.4 Å². The first-order chi connectivity index (χ1) is 13.9. The SMILES string of the molecule is CC(NC(=O)C(O)c1ccccc1)C(Cc1ccc(Cl)cc1)c1ccc(Cl)cc1. The molecule has 0 fully saturated rings. The number of rotatable bonds is 7. The zero-order valence-electron chi connectivity index (χ0n) is 16.1. The van der Waals surface area contributed by atoms with Crippen LogP contribution < -0.4 is 5.32 Å². The average molecular weight is 428 g/mol. The molecular weight excluding hydrogens is 405 g/mol. The van der Waals surface area contributed by atoms with Gasteiger partial charge in [0.05, 0.1) is 0 Å². The molecule has 150 valence electrons. The highest BCUT2D eigenvalue weighted by atomic mass is 35.5. The van der Waals surface area contributed by atoms with Crippen LogP contribution >= 0.6 is 23.2 Å². The van der Waals surface area contributed by atoms with Crippen molar-refractivity contribution < 1.29 is 9.90 Å². The highest BCUT2D eigenvalue weighted by Gasteiger charge is 2.25. The van der Waals surface area contributed by atoms with Gasteiger partial charge in [0, 0.05) is 22.0 Å². The molecule has 0 aliphatic heterocycles. The fourth-order valence-electron chi connectivity index (χ4n) is 3.36. The van der Waals surface area contributed by atoms with Gasteiger partial charge in [-0.3, -0.25) is 4.79 Å². The molecular formula is C24H23Cl2NO2. The van der Waals surface area contributed by atoms with Gasteiger partial charge >= 0.3 is 0 Å². The summed E-state index contributed by atoms with van der Waals surface area (Å²) in [5.74, 6) is -0.417. The van der Waals surface area contributed by atoms with Crippen molar-refractivity contribution in [3.05, 3.63) is 106 Å². The monoisotopic (exact) mass is 427 g/mol. The second kappa shape index (κ2) is 9.93. The van der Waals surface area contributed by atoms with Gasteiger partial charge in [-0.15, -0.1) is 0 Å². The van der Waals surface area contributed by atoms with Gasteiger partial charge in [0.25, 0.3) is 5.91 Å². The molecule has 0 spiro atoms. The van der Waals surface area contributed by atoms with E-state index in [9.17, 15) is 9.90 Å². The van der Waals surface area contributed by atoms with E-state index in [2.05, 4.69) is 5.32 Å². The van der Waals surface area contributed by atoms with E-state index in [0.29, 0.717) is 22.0 Å². The minimum absolute atomic E-state index is 0.000338.